The molecule has 2 N–H and O–H groups in total. The Morgan fingerprint density at radius 1 is 1.30 bits per heavy atom. The fraction of sp³-hybridized carbons (Fsp3) is 0.429. The van der Waals surface area contributed by atoms with Gasteiger partial charge in [-0.3, -0.25) is 4.79 Å². The van der Waals surface area contributed by atoms with Crippen molar-refractivity contribution >= 4 is 23.1 Å². The van der Waals surface area contributed by atoms with Crippen molar-refractivity contribution in [3.63, 3.8) is 0 Å². The van der Waals surface area contributed by atoms with E-state index in [0.717, 1.165) is 6.54 Å². The minimum absolute atomic E-state index is 0.206. The lowest BCUT2D eigenvalue weighted by atomic mass is 10.2. The summed E-state index contributed by atoms with van der Waals surface area (Å²) in [5.41, 5.74) is 5.82. The van der Waals surface area contributed by atoms with E-state index in [1.54, 1.807) is 11.0 Å². The van der Waals surface area contributed by atoms with E-state index in [4.69, 9.17) is 18.0 Å². The number of nitrogens with two attached hydrogens (primary N) is 1. The van der Waals surface area contributed by atoms with Crippen molar-refractivity contribution in [3.8, 4) is 0 Å². The van der Waals surface area contributed by atoms with Crippen molar-refractivity contribution in [1.82, 2.24) is 9.80 Å². The minimum Gasteiger partial charge on any atom is -0.393 e. The van der Waals surface area contributed by atoms with E-state index in [-0.39, 0.29) is 5.91 Å². The number of carbonyl (C=O) groups excluding carboxylic acids is 1. The van der Waals surface area contributed by atoms with Gasteiger partial charge in [0.05, 0.1) is 4.99 Å². The van der Waals surface area contributed by atoms with E-state index < -0.39 is 5.82 Å². The molecule has 1 aromatic carbocycles. The number of likely N-dealkylation sites (N-methyl/N-ethyl adjacent to an activating group) is 1. The van der Waals surface area contributed by atoms with Crippen LogP contribution in [0.25, 0.3) is 0 Å². The van der Waals surface area contributed by atoms with Gasteiger partial charge in [-0.05, 0) is 32.3 Å². The van der Waals surface area contributed by atoms with Gasteiger partial charge in [-0.2, -0.15) is 0 Å². The summed E-state index contributed by atoms with van der Waals surface area (Å²) >= 11 is 4.84. The zero-order valence-corrected chi connectivity index (χ0v) is 12.6. The normalized spacial score (nSPS) is 10.6. The Kier molecular flexibility index (Phi) is 6.54. The monoisotopic (exact) mass is 297 g/mol. The first-order chi connectivity index (χ1) is 9.40. The lowest BCUT2D eigenvalue weighted by Gasteiger charge is -2.24. The second-order valence-electron chi connectivity index (χ2n) is 4.82. The highest BCUT2D eigenvalue weighted by Crippen LogP contribution is 2.08. The van der Waals surface area contributed by atoms with E-state index in [1.165, 1.54) is 18.2 Å². The van der Waals surface area contributed by atoms with Gasteiger partial charge in [-0.1, -0.05) is 18.3 Å². The Labute approximate surface area is 124 Å². The van der Waals surface area contributed by atoms with Gasteiger partial charge in [0.2, 0.25) is 0 Å². The quantitative estimate of drug-likeness (QED) is 0.775. The fourth-order valence-corrected chi connectivity index (χ4v) is 1.78. The summed E-state index contributed by atoms with van der Waals surface area (Å²) in [6.07, 6.45) is 0.462. The standard InChI is InChI=1S/C14H20FN3OS/c1-17(2)8-9-18(7-6-13(16)20)14(19)11-4-3-5-12(15)10-11/h3-5,10H,6-9H2,1-2H3,(H2,16,20). The minimum atomic E-state index is -0.419. The Bertz CT molecular complexity index is 479. The van der Waals surface area contributed by atoms with Crippen LogP contribution in [0.3, 0.4) is 0 Å². The zero-order chi connectivity index (χ0) is 15.1. The van der Waals surface area contributed by atoms with Gasteiger partial charge < -0.3 is 15.5 Å². The van der Waals surface area contributed by atoms with E-state index in [0.29, 0.717) is 30.1 Å². The van der Waals surface area contributed by atoms with E-state index in [2.05, 4.69) is 0 Å². The van der Waals surface area contributed by atoms with Crippen LogP contribution < -0.4 is 5.73 Å². The van der Waals surface area contributed by atoms with Crippen LogP contribution in [0.4, 0.5) is 4.39 Å². The molecule has 0 aromatic heterocycles. The van der Waals surface area contributed by atoms with Crippen molar-refractivity contribution in [2.45, 2.75) is 6.42 Å². The van der Waals surface area contributed by atoms with Crippen LogP contribution in [0.2, 0.25) is 0 Å². The smallest absolute Gasteiger partial charge is 0.254 e. The van der Waals surface area contributed by atoms with Gasteiger partial charge in [0, 0.05) is 31.6 Å². The Morgan fingerprint density at radius 2 is 2.00 bits per heavy atom. The van der Waals surface area contributed by atoms with Crippen molar-refractivity contribution in [2.24, 2.45) is 5.73 Å². The molecule has 6 heteroatoms. The first kappa shape index (κ1) is 16.5. The first-order valence-corrected chi connectivity index (χ1v) is 6.79. The molecule has 0 saturated heterocycles. The summed E-state index contributed by atoms with van der Waals surface area (Å²) in [5.74, 6) is -0.625. The molecule has 0 aliphatic carbocycles. The number of hydrogen-bond donors (Lipinski definition) is 1. The largest absolute Gasteiger partial charge is 0.393 e. The van der Waals surface area contributed by atoms with Crippen LogP contribution in [-0.2, 0) is 0 Å². The summed E-state index contributed by atoms with van der Waals surface area (Å²) in [6.45, 7) is 1.71. The van der Waals surface area contributed by atoms with Gasteiger partial charge in [0.1, 0.15) is 5.82 Å². The van der Waals surface area contributed by atoms with E-state index >= 15 is 0 Å². The Hall–Kier alpha value is -1.53. The summed E-state index contributed by atoms with van der Waals surface area (Å²) in [7, 11) is 3.86. The molecule has 0 fully saturated rings. The highest BCUT2D eigenvalue weighted by molar-refractivity contribution is 7.80. The molecule has 1 aromatic rings. The zero-order valence-electron chi connectivity index (χ0n) is 11.8. The molecule has 4 nitrogen and oxygen atoms in total. The topological polar surface area (TPSA) is 49.6 Å². The molecule has 1 amide bonds. The molecule has 0 radical (unpaired) electrons. The SMILES string of the molecule is CN(C)CCN(CCC(N)=S)C(=O)c1cccc(F)c1. The summed E-state index contributed by atoms with van der Waals surface area (Å²) in [5, 5.41) is 0. The Balaban J connectivity index is 2.79. The van der Waals surface area contributed by atoms with Gasteiger partial charge >= 0.3 is 0 Å². The van der Waals surface area contributed by atoms with Crippen molar-refractivity contribution in [3.05, 3.63) is 35.6 Å². The third kappa shape index (κ3) is 5.63. The van der Waals surface area contributed by atoms with Gasteiger partial charge in [0.15, 0.2) is 0 Å². The molecule has 110 valence electrons. The molecule has 20 heavy (non-hydrogen) atoms. The van der Waals surface area contributed by atoms with Crippen LogP contribution in [-0.4, -0.2) is 54.4 Å². The van der Waals surface area contributed by atoms with E-state index in [1.807, 2.05) is 19.0 Å². The van der Waals surface area contributed by atoms with Crippen LogP contribution in [0, 0.1) is 5.82 Å². The highest BCUT2D eigenvalue weighted by Gasteiger charge is 2.16. The molecule has 1 rings (SSSR count). The molecule has 0 heterocycles. The predicted octanol–water partition coefficient (Wildman–Crippen LogP) is 1.51. The van der Waals surface area contributed by atoms with Crippen LogP contribution in [0.1, 0.15) is 16.8 Å². The fourth-order valence-electron chi connectivity index (χ4n) is 1.68. The third-order valence-corrected chi connectivity index (χ3v) is 3.01. The molecule has 0 saturated carbocycles. The second-order valence-corrected chi connectivity index (χ2v) is 5.35. The molecular weight excluding hydrogens is 277 g/mol. The number of benzene rings is 1. The lowest BCUT2D eigenvalue weighted by molar-refractivity contribution is 0.0749. The maximum atomic E-state index is 13.2. The molecular formula is C14H20FN3OS. The van der Waals surface area contributed by atoms with Crippen LogP contribution >= 0.6 is 12.2 Å². The van der Waals surface area contributed by atoms with Crippen molar-refractivity contribution in [1.29, 1.82) is 0 Å². The number of nitrogens with zero attached hydrogens (tertiary/aromatic N) is 2. The number of rotatable bonds is 7. The highest BCUT2D eigenvalue weighted by atomic mass is 32.1. The molecule has 0 bridgehead atoms. The van der Waals surface area contributed by atoms with E-state index in [9.17, 15) is 9.18 Å². The number of amides is 1. The maximum absolute atomic E-state index is 13.2. The van der Waals surface area contributed by atoms with Gasteiger partial charge in [-0.15, -0.1) is 0 Å². The summed E-state index contributed by atoms with van der Waals surface area (Å²) < 4.78 is 13.2. The number of hydrogen-bond acceptors (Lipinski definition) is 3. The van der Waals surface area contributed by atoms with Crippen LogP contribution in [0.15, 0.2) is 24.3 Å². The number of halogens is 1. The molecule has 0 unspecified atom stereocenters. The summed E-state index contributed by atoms with van der Waals surface area (Å²) in [6, 6.07) is 5.69. The van der Waals surface area contributed by atoms with Crippen LogP contribution in [0.5, 0.6) is 0 Å². The Morgan fingerprint density at radius 3 is 2.55 bits per heavy atom. The average molecular weight is 297 g/mol. The maximum Gasteiger partial charge on any atom is 0.254 e. The molecule has 0 spiro atoms. The molecule has 0 aliphatic rings. The number of carbonyl (C=O) groups is 1. The average Bonchev–Trinajstić information content (AvgIpc) is 2.37. The van der Waals surface area contributed by atoms with Gasteiger partial charge in [-0.25, -0.2) is 4.39 Å². The molecule has 0 atom stereocenters. The van der Waals surface area contributed by atoms with Gasteiger partial charge in [0.25, 0.3) is 5.91 Å². The lowest BCUT2D eigenvalue weighted by Crippen LogP contribution is -2.38. The van der Waals surface area contributed by atoms with Crippen molar-refractivity contribution in [2.75, 3.05) is 33.7 Å². The first-order valence-electron chi connectivity index (χ1n) is 6.38. The molecule has 0 aliphatic heterocycles. The summed E-state index contributed by atoms with van der Waals surface area (Å²) in [4.78, 5) is 16.4. The predicted molar refractivity (Wildman–Crippen MR) is 82.3 cm³/mol. The second kappa shape index (κ2) is 7.91. The third-order valence-electron chi connectivity index (χ3n) is 2.80. The number of thiocarbonyl (C=S) groups is 1. The van der Waals surface area contributed by atoms with Crippen molar-refractivity contribution < 1.29 is 9.18 Å².